The first kappa shape index (κ1) is 24.2. The van der Waals surface area contributed by atoms with E-state index in [1.165, 1.54) is 17.8 Å². The molecule has 2 aromatic heterocycles. The number of alkyl halides is 3. The molecule has 0 saturated heterocycles. The van der Waals surface area contributed by atoms with Crippen molar-refractivity contribution < 1.29 is 22.7 Å². The fourth-order valence-electron chi connectivity index (χ4n) is 3.57. The Kier molecular flexibility index (Phi) is 6.94. The second-order valence-corrected chi connectivity index (χ2v) is 8.51. The Morgan fingerprint density at radius 2 is 1.65 bits per heavy atom. The zero-order valence-electron chi connectivity index (χ0n) is 17.5. The van der Waals surface area contributed by atoms with Gasteiger partial charge in [-0.2, -0.15) is 8.78 Å². The van der Waals surface area contributed by atoms with Crippen molar-refractivity contribution >= 4 is 22.6 Å². The van der Waals surface area contributed by atoms with Crippen LogP contribution in [0.4, 0.5) is 17.6 Å². The minimum Gasteiger partial charge on any atom is -0.377 e. The molecule has 4 aromatic rings. The molecule has 0 amide bonds. The number of hydrogen-bond acceptors (Lipinski definition) is 5. The number of tetrazole rings is 1. The van der Waals surface area contributed by atoms with Crippen LogP contribution >= 0.6 is 22.6 Å². The summed E-state index contributed by atoms with van der Waals surface area (Å²) in [6.07, 6.45) is 2.76. The van der Waals surface area contributed by atoms with Crippen LogP contribution in [0.1, 0.15) is 27.9 Å². The topological polar surface area (TPSA) is 76.7 Å². The van der Waals surface area contributed by atoms with Gasteiger partial charge in [0.15, 0.2) is 5.60 Å². The molecule has 4 rings (SSSR count). The molecule has 6 nitrogen and oxygen atoms in total. The smallest absolute Gasteiger partial charge is 0.323 e. The Hall–Kier alpha value is -2.93. The van der Waals surface area contributed by atoms with Gasteiger partial charge in [0.1, 0.15) is 23.7 Å². The average Bonchev–Trinajstić information content (AvgIpc) is 3.32. The van der Waals surface area contributed by atoms with Crippen molar-refractivity contribution in [2.45, 2.75) is 28.9 Å². The van der Waals surface area contributed by atoms with Crippen LogP contribution in [0.15, 0.2) is 67.1 Å². The summed E-state index contributed by atoms with van der Waals surface area (Å²) in [5.74, 6) is -6.39. The molecule has 0 aliphatic rings. The van der Waals surface area contributed by atoms with Crippen LogP contribution in [-0.2, 0) is 28.9 Å². The Morgan fingerprint density at radius 3 is 2.24 bits per heavy atom. The Labute approximate surface area is 205 Å². The van der Waals surface area contributed by atoms with Gasteiger partial charge in [-0.3, -0.25) is 4.98 Å². The summed E-state index contributed by atoms with van der Waals surface area (Å²) in [4.78, 5) is 3.88. The van der Waals surface area contributed by atoms with Gasteiger partial charge in [-0.25, -0.2) is 13.5 Å². The average molecular weight is 583 g/mol. The largest absolute Gasteiger partial charge is 0.377 e. The maximum Gasteiger partial charge on any atom is 0.323 e. The SMILES string of the molecule is OC(Cn1cnnn1)(c1ccc(F)cc1F)C(F)(F)c1ccc(Cc2ccc(CI)cc2)cn1. The minimum absolute atomic E-state index is 0.426. The van der Waals surface area contributed by atoms with Crippen LogP contribution in [0.25, 0.3) is 0 Å². The first-order valence-corrected chi connectivity index (χ1v) is 11.6. The van der Waals surface area contributed by atoms with E-state index in [1.54, 1.807) is 0 Å². The molecule has 1 N–H and O–H groups in total. The molecule has 1 unspecified atom stereocenters. The summed E-state index contributed by atoms with van der Waals surface area (Å²) < 4.78 is 61.2. The van der Waals surface area contributed by atoms with E-state index >= 15 is 8.78 Å². The number of hydrogen-bond donors (Lipinski definition) is 1. The summed E-state index contributed by atoms with van der Waals surface area (Å²) in [5.41, 5.74) is -1.92. The van der Waals surface area contributed by atoms with Gasteiger partial charge >= 0.3 is 5.92 Å². The molecule has 0 fully saturated rings. The highest BCUT2D eigenvalue weighted by molar-refractivity contribution is 14.1. The van der Waals surface area contributed by atoms with E-state index in [9.17, 15) is 13.9 Å². The van der Waals surface area contributed by atoms with E-state index in [1.807, 2.05) is 24.3 Å². The van der Waals surface area contributed by atoms with Crippen LogP contribution in [0.2, 0.25) is 0 Å². The Morgan fingerprint density at radius 1 is 0.941 bits per heavy atom. The predicted octanol–water partition coefficient (Wildman–Crippen LogP) is 4.55. The molecule has 34 heavy (non-hydrogen) atoms. The summed E-state index contributed by atoms with van der Waals surface area (Å²) in [6, 6.07) is 12.5. The zero-order chi connectivity index (χ0) is 24.3. The molecular weight excluding hydrogens is 565 g/mol. The second-order valence-electron chi connectivity index (χ2n) is 7.74. The van der Waals surface area contributed by atoms with Gasteiger partial charge in [0.2, 0.25) is 0 Å². The van der Waals surface area contributed by atoms with Crippen molar-refractivity contribution in [1.82, 2.24) is 25.2 Å². The van der Waals surface area contributed by atoms with Gasteiger partial charge in [-0.05, 0) is 51.7 Å². The van der Waals surface area contributed by atoms with Crippen molar-refractivity contribution in [2.24, 2.45) is 0 Å². The molecule has 0 aliphatic heterocycles. The van der Waals surface area contributed by atoms with E-state index in [0.29, 0.717) is 18.1 Å². The van der Waals surface area contributed by atoms with E-state index in [-0.39, 0.29) is 0 Å². The molecule has 2 aromatic carbocycles. The molecule has 0 aliphatic carbocycles. The lowest BCUT2D eigenvalue weighted by atomic mass is 9.84. The van der Waals surface area contributed by atoms with E-state index < -0.39 is 41.0 Å². The van der Waals surface area contributed by atoms with E-state index in [2.05, 4.69) is 43.1 Å². The quantitative estimate of drug-likeness (QED) is 0.187. The third kappa shape index (κ3) is 4.80. The number of aromatic nitrogens is 5. The van der Waals surface area contributed by atoms with Crippen molar-refractivity contribution in [3.63, 3.8) is 0 Å². The first-order valence-electron chi connectivity index (χ1n) is 10.1. The fraction of sp³-hybridized carbons (Fsp3) is 0.217. The monoisotopic (exact) mass is 583 g/mol. The van der Waals surface area contributed by atoms with Crippen LogP contribution < -0.4 is 0 Å². The predicted molar refractivity (Wildman–Crippen MR) is 123 cm³/mol. The fourth-order valence-corrected chi connectivity index (χ4v) is 4.08. The minimum atomic E-state index is -4.09. The van der Waals surface area contributed by atoms with Crippen molar-refractivity contribution in [3.05, 3.63) is 107 Å². The number of rotatable bonds is 8. The van der Waals surface area contributed by atoms with E-state index in [4.69, 9.17) is 0 Å². The third-order valence-corrected chi connectivity index (χ3v) is 6.29. The highest BCUT2D eigenvalue weighted by Gasteiger charge is 2.57. The second kappa shape index (κ2) is 9.74. The lowest BCUT2D eigenvalue weighted by molar-refractivity contribution is -0.207. The summed E-state index contributed by atoms with van der Waals surface area (Å²) in [6.45, 7) is -0.901. The molecule has 0 bridgehead atoms. The van der Waals surface area contributed by atoms with Crippen LogP contribution in [-0.4, -0.2) is 30.3 Å². The lowest BCUT2D eigenvalue weighted by Gasteiger charge is -2.35. The summed E-state index contributed by atoms with van der Waals surface area (Å²) >= 11 is 2.26. The third-order valence-electron chi connectivity index (χ3n) is 5.41. The standard InChI is InChI=1S/C23H18F4IN5O/c24-18-6-7-19(20(25)10-18)22(34,13-33-14-30-31-32-33)23(26,27)21-8-5-17(12-29-21)9-15-1-3-16(11-28)4-2-15/h1-8,10,12,14,34H,9,11,13H2. The van der Waals surface area contributed by atoms with Gasteiger partial charge < -0.3 is 5.11 Å². The highest BCUT2D eigenvalue weighted by atomic mass is 127. The van der Waals surface area contributed by atoms with Crippen LogP contribution in [0.5, 0.6) is 0 Å². The molecule has 0 radical (unpaired) electrons. The molecule has 176 valence electrons. The lowest BCUT2D eigenvalue weighted by Crippen LogP contribution is -2.48. The molecule has 1 atom stereocenters. The van der Waals surface area contributed by atoms with Crippen LogP contribution in [0.3, 0.4) is 0 Å². The molecule has 11 heteroatoms. The van der Waals surface area contributed by atoms with Gasteiger partial charge in [0.05, 0.1) is 6.54 Å². The summed E-state index contributed by atoms with van der Waals surface area (Å²) in [5, 5.41) is 21.4. The number of aliphatic hydroxyl groups is 1. The van der Waals surface area contributed by atoms with Gasteiger partial charge in [-0.1, -0.05) is 52.9 Å². The number of nitrogens with zero attached hydrogens (tertiary/aromatic N) is 5. The van der Waals surface area contributed by atoms with Crippen molar-refractivity contribution in [1.29, 1.82) is 0 Å². The summed E-state index contributed by atoms with van der Waals surface area (Å²) in [7, 11) is 0. The van der Waals surface area contributed by atoms with Crippen molar-refractivity contribution in [3.8, 4) is 0 Å². The van der Waals surface area contributed by atoms with Crippen molar-refractivity contribution in [2.75, 3.05) is 0 Å². The zero-order valence-corrected chi connectivity index (χ0v) is 19.7. The molecule has 0 spiro atoms. The molecule has 0 saturated carbocycles. The maximum atomic E-state index is 15.7. The molecule has 2 heterocycles. The maximum absolute atomic E-state index is 15.7. The van der Waals surface area contributed by atoms with E-state index in [0.717, 1.165) is 39.2 Å². The van der Waals surface area contributed by atoms with Gasteiger partial charge in [0.25, 0.3) is 0 Å². The highest BCUT2D eigenvalue weighted by Crippen LogP contribution is 2.46. The Bertz CT molecular complexity index is 1250. The Balaban J connectivity index is 1.68. The number of benzene rings is 2. The molecular formula is C23H18F4IN5O. The van der Waals surface area contributed by atoms with Gasteiger partial charge in [0, 0.05) is 22.3 Å². The van der Waals surface area contributed by atoms with Gasteiger partial charge in [-0.15, -0.1) is 5.10 Å². The normalized spacial score (nSPS) is 13.6. The van der Waals surface area contributed by atoms with Crippen LogP contribution in [0, 0.1) is 11.6 Å². The number of pyridine rings is 1. The number of halogens is 5. The first-order chi connectivity index (χ1) is 16.2.